The van der Waals surface area contributed by atoms with E-state index in [1.807, 2.05) is 18.2 Å². The van der Waals surface area contributed by atoms with Gasteiger partial charge < -0.3 is 4.42 Å². The molecule has 0 fully saturated rings. The van der Waals surface area contributed by atoms with Gasteiger partial charge in [0.15, 0.2) is 26.4 Å². The van der Waals surface area contributed by atoms with Gasteiger partial charge in [0.25, 0.3) is 0 Å². The molecule has 11 heteroatoms. The maximum absolute atomic E-state index is 12.8. The van der Waals surface area contributed by atoms with Gasteiger partial charge in [-0.3, -0.25) is 4.79 Å². The van der Waals surface area contributed by atoms with Crippen LogP contribution in [0.1, 0.15) is 15.4 Å². The lowest BCUT2D eigenvalue weighted by atomic mass is 10.2. The Morgan fingerprint density at radius 2 is 1.68 bits per heavy atom. The van der Waals surface area contributed by atoms with Crippen LogP contribution in [-0.4, -0.2) is 33.4 Å². The molecule has 0 radical (unpaired) electrons. The number of nitrogens with zero attached hydrogens (tertiary/aromatic N) is 1. The first-order valence-corrected chi connectivity index (χ1v) is 12.9. The molecule has 4 rings (SSSR count). The SMILES string of the molecule is Cc1nc(-c2cc3ccccc3o2)sc1C(=O)CS(=O)(=O)c1ccccc1S(N)(=O)=O. The van der Waals surface area contributed by atoms with E-state index in [1.165, 1.54) is 12.1 Å². The van der Waals surface area contributed by atoms with Crippen molar-refractivity contribution in [2.45, 2.75) is 16.7 Å². The summed E-state index contributed by atoms with van der Waals surface area (Å²) in [5, 5.41) is 6.44. The van der Waals surface area contributed by atoms with E-state index in [2.05, 4.69) is 4.98 Å². The number of furan rings is 1. The van der Waals surface area contributed by atoms with Crippen LogP contribution in [-0.2, 0) is 19.9 Å². The molecule has 0 spiro atoms. The molecular weight excluding hydrogens is 460 g/mol. The van der Waals surface area contributed by atoms with Crippen LogP contribution in [0.3, 0.4) is 0 Å². The van der Waals surface area contributed by atoms with Gasteiger partial charge in [-0.1, -0.05) is 30.3 Å². The van der Waals surface area contributed by atoms with Gasteiger partial charge in [-0.05, 0) is 31.2 Å². The fourth-order valence-corrected chi connectivity index (χ4v) is 6.81. The first-order valence-electron chi connectivity index (χ1n) is 8.90. The van der Waals surface area contributed by atoms with Crippen molar-refractivity contribution < 1.29 is 26.0 Å². The summed E-state index contributed by atoms with van der Waals surface area (Å²) in [5.41, 5.74) is 1.03. The molecule has 2 aromatic heterocycles. The standard InChI is InChI=1S/C20H16N2O6S3/c1-12-19(29-20(22-12)16-10-13-6-2-3-7-15(13)28-16)14(23)11-30(24,25)17-8-4-5-9-18(17)31(21,26)27/h2-10H,11H2,1H3,(H2,21,26,27). The van der Waals surface area contributed by atoms with Crippen LogP contribution in [0, 0.1) is 6.92 Å². The highest BCUT2D eigenvalue weighted by molar-refractivity contribution is 7.94. The Balaban J connectivity index is 1.67. The Bertz CT molecular complexity index is 1500. The molecule has 0 aliphatic carbocycles. The van der Waals surface area contributed by atoms with Gasteiger partial charge in [0.05, 0.1) is 15.5 Å². The lowest BCUT2D eigenvalue weighted by Gasteiger charge is -2.08. The van der Waals surface area contributed by atoms with E-state index >= 15 is 0 Å². The topological polar surface area (TPSA) is 137 Å². The van der Waals surface area contributed by atoms with Crippen molar-refractivity contribution in [3.63, 3.8) is 0 Å². The number of benzene rings is 2. The minimum Gasteiger partial charge on any atom is -0.454 e. The second-order valence-corrected chi connectivity index (χ2v) is 11.2. The largest absolute Gasteiger partial charge is 0.454 e. The molecule has 2 N–H and O–H groups in total. The average molecular weight is 477 g/mol. The second-order valence-electron chi connectivity index (χ2n) is 6.76. The van der Waals surface area contributed by atoms with Crippen LogP contribution in [0.2, 0.25) is 0 Å². The lowest BCUT2D eigenvalue weighted by molar-refractivity contribution is 0.102. The van der Waals surface area contributed by atoms with Crippen LogP contribution < -0.4 is 5.14 Å². The summed E-state index contributed by atoms with van der Waals surface area (Å²) in [6, 6.07) is 14.1. The molecule has 0 unspecified atom stereocenters. The maximum Gasteiger partial charge on any atom is 0.239 e. The lowest BCUT2D eigenvalue weighted by Crippen LogP contribution is -2.21. The summed E-state index contributed by atoms with van der Waals surface area (Å²) in [6.45, 7) is 1.60. The molecule has 0 saturated carbocycles. The van der Waals surface area contributed by atoms with E-state index in [0.29, 0.717) is 22.0 Å². The van der Waals surface area contributed by atoms with Crippen molar-refractivity contribution in [3.8, 4) is 10.8 Å². The van der Waals surface area contributed by atoms with E-state index in [4.69, 9.17) is 9.56 Å². The number of para-hydroxylation sites is 1. The fraction of sp³-hybridized carbons (Fsp3) is 0.100. The molecule has 0 aliphatic heterocycles. The van der Waals surface area contributed by atoms with Gasteiger partial charge in [0, 0.05) is 5.39 Å². The molecule has 0 atom stereocenters. The molecule has 0 saturated heterocycles. The Kier molecular flexibility index (Phi) is 5.30. The molecule has 31 heavy (non-hydrogen) atoms. The summed E-state index contributed by atoms with van der Waals surface area (Å²) >= 11 is 1.02. The average Bonchev–Trinajstić information content (AvgIpc) is 3.30. The summed E-state index contributed by atoms with van der Waals surface area (Å²) < 4.78 is 54.9. The van der Waals surface area contributed by atoms with Crippen molar-refractivity contribution in [3.05, 3.63) is 65.2 Å². The summed E-state index contributed by atoms with van der Waals surface area (Å²) in [6.07, 6.45) is 0. The van der Waals surface area contributed by atoms with Gasteiger partial charge in [-0.25, -0.2) is 27.0 Å². The molecule has 0 aliphatic rings. The van der Waals surface area contributed by atoms with Crippen molar-refractivity contribution in [2.75, 3.05) is 5.75 Å². The zero-order valence-electron chi connectivity index (χ0n) is 16.1. The molecule has 4 aromatic rings. The number of hydrogen-bond acceptors (Lipinski definition) is 8. The number of carbonyl (C=O) groups is 1. The zero-order valence-corrected chi connectivity index (χ0v) is 18.6. The Morgan fingerprint density at radius 3 is 2.35 bits per heavy atom. The highest BCUT2D eigenvalue weighted by atomic mass is 32.2. The summed E-state index contributed by atoms with van der Waals surface area (Å²) in [4.78, 5) is 16.3. The number of hydrogen-bond donors (Lipinski definition) is 1. The third-order valence-corrected chi connectivity index (χ3v) is 8.48. The number of carbonyl (C=O) groups excluding carboxylic acids is 1. The highest BCUT2D eigenvalue weighted by Crippen LogP contribution is 2.33. The third kappa shape index (κ3) is 4.17. The van der Waals surface area contributed by atoms with Crippen LogP contribution in [0.15, 0.2) is 68.8 Å². The van der Waals surface area contributed by atoms with Gasteiger partial charge in [0.2, 0.25) is 10.0 Å². The van der Waals surface area contributed by atoms with E-state index in [9.17, 15) is 21.6 Å². The van der Waals surface area contributed by atoms with Crippen molar-refractivity contribution >= 4 is 47.9 Å². The number of aryl methyl sites for hydroxylation is 1. The van der Waals surface area contributed by atoms with Gasteiger partial charge in [0.1, 0.15) is 16.2 Å². The molecule has 0 amide bonds. The fourth-order valence-electron chi connectivity index (χ4n) is 3.11. The monoisotopic (exact) mass is 476 g/mol. The van der Waals surface area contributed by atoms with E-state index in [0.717, 1.165) is 28.9 Å². The van der Waals surface area contributed by atoms with Crippen LogP contribution >= 0.6 is 11.3 Å². The zero-order chi connectivity index (χ0) is 22.4. The number of thiazole rings is 1. The minimum absolute atomic E-state index is 0.159. The second kappa shape index (κ2) is 7.68. The van der Waals surface area contributed by atoms with E-state index in [1.54, 1.807) is 19.1 Å². The Morgan fingerprint density at radius 1 is 1.03 bits per heavy atom. The summed E-state index contributed by atoms with van der Waals surface area (Å²) in [5.74, 6) is -1.14. The predicted octanol–water partition coefficient (Wildman–Crippen LogP) is 3.17. The predicted molar refractivity (Wildman–Crippen MR) is 116 cm³/mol. The molecular formula is C20H16N2O6S3. The maximum atomic E-state index is 12.8. The first kappa shape index (κ1) is 21.4. The number of sulfonamides is 1. The van der Waals surface area contributed by atoms with Crippen molar-refractivity contribution in [2.24, 2.45) is 5.14 Å². The minimum atomic E-state index is -4.28. The van der Waals surface area contributed by atoms with Crippen LogP contribution in [0.25, 0.3) is 21.7 Å². The number of aromatic nitrogens is 1. The molecule has 160 valence electrons. The summed E-state index contributed by atoms with van der Waals surface area (Å²) in [7, 11) is -8.55. The molecule has 8 nitrogen and oxygen atoms in total. The smallest absolute Gasteiger partial charge is 0.239 e. The van der Waals surface area contributed by atoms with E-state index in [-0.39, 0.29) is 4.88 Å². The Hall–Kier alpha value is -2.86. The quantitative estimate of drug-likeness (QED) is 0.422. The normalized spacial score (nSPS) is 12.3. The first-order chi connectivity index (χ1) is 14.6. The van der Waals surface area contributed by atoms with Crippen molar-refractivity contribution in [1.29, 1.82) is 0 Å². The number of ketones is 1. The van der Waals surface area contributed by atoms with Gasteiger partial charge >= 0.3 is 0 Å². The number of sulfone groups is 1. The molecule has 2 aromatic carbocycles. The van der Waals surface area contributed by atoms with Crippen LogP contribution in [0.4, 0.5) is 0 Å². The number of rotatable bonds is 6. The number of Topliss-reactive ketones (excluding diaryl/α,β-unsaturated/α-hetero) is 1. The van der Waals surface area contributed by atoms with E-state index < -0.39 is 41.2 Å². The highest BCUT2D eigenvalue weighted by Gasteiger charge is 2.29. The molecule has 2 heterocycles. The number of fused-ring (bicyclic) bond motifs is 1. The van der Waals surface area contributed by atoms with Crippen molar-refractivity contribution in [1.82, 2.24) is 4.98 Å². The Labute approximate surface area is 182 Å². The number of primary sulfonamides is 1. The number of nitrogens with two attached hydrogens (primary N) is 1. The third-order valence-electron chi connectivity index (χ3n) is 4.50. The van der Waals surface area contributed by atoms with Gasteiger partial charge in [-0.2, -0.15) is 0 Å². The van der Waals surface area contributed by atoms with Gasteiger partial charge in [-0.15, -0.1) is 11.3 Å². The molecule has 0 bridgehead atoms. The van der Waals surface area contributed by atoms with Crippen LogP contribution in [0.5, 0.6) is 0 Å².